The maximum absolute atomic E-state index is 4.67. The fourth-order valence-electron chi connectivity index (χ4n) is 2.25. The van der Waals surface area contributed by atoms with E-state index in [0.29, 0.717) is 12.6 Å². The lowest BCUT2D eigenvalue weighted by Crippen LogP contribution is -2.43. The van der Waals surface area contributed by atoms with E-state index in [-0.39, 0.29) is 0 Å². The number of thiophene rings is 1. The molecule has 2 heterocycles. The van der Waals surface area contributed by atoms with Crippen molar-refractivity contribution in [2.45, 2.75) is 53.6 Å². The lowest BCUT2D eigenvalue weighted by atomic mass is 10.2. The summed E-state index contributed by atoms with van der Waals surface area (Å²) in [5.74, 6) is 0.860. The predicted octanol–water partition coefficient (Wildman–Crippen LogP) is 3.82. The Morgan fingerprint density at radius 3 is 2.61 bits per heavy atom. The molecular formula is C17H26N4S2. The van der Waals surface area contributed by atoms with Crippen LogP contribution in [-0.4, -0.2) is 23.5 Å². The summed E-state index contributed by atoms with van der Waals surface area (Å²) in [4.78, 5) is 13.3. The van der Waals surface area contributed by atoms with Crippen molar-refractivity contribution in [1.82, 2.24) is 15.6 Å². The van der Waals surface area contributed by atoms with Gasteiger partial charge < -0.3 is 10.6 Å². The van der Waals surface area contributed by atoms with E-state index >= 15 is 0 Å². The van der Waals surface area contributed by atoms with Crippen LogP contribution in [0.5, 0.6) is 0 Å². The number of rotatable bonds is 6. The Hall–Kier alpha value is -1.40. The SMILES string of the molecule is CCNC(=NCc1nc(C)c(C)s1)NC(C)Cc1ccc(C)s1. The van der Waals surface area contributed by atoms with E-state index in [1.54, 1.807) is 11.3 Å². The average Bonchev–Trinajstić information content (AvgIpc) is 3.03. The van der Waals surface area contributed by atoms with E-state index in [1.807, 2.05) is 18.3 Å². The van der Waals surface area contributed by atoms with Crippen LogP contribution in [0.15, 0.2) is 17.1 Å². The summed E-state index contributed by atoms with van der Waals surface area (Å²) in [5, 5.41) is 7.87. The number of guanidine groups is 1. The molecule has 0 bridgehead atoms. The minimum Gasteiger partial charge on any atom is -0.357 e. The highest BCUT2D eigenvalue weighted by atomic mass is 32.1. The summed E-state index contributed by atoms with van der Waals surface area (Å²) in [5.41, 5.74) is 1.11. The molecule has 0 aliphatic carbocycles. The monoisotopic (exact) mass is 350 g/mol. The Bertz CT molecular complexity index is 638. The molecule has 0 aliphatic rings. The van der Waals surface area contributed by atoms with Crippen molar-refractivity contribution in [3.63, 3.8) is 0 Å². The first-order valence-corrected chi connectivity index (χ1v) is 9.64. The van der Waals surface area contributed by atoms with Gasteiger partial charge in [-0.3, -0.25) is 0 Å². The Morgan fingerprint density at radius 1 is 1.26 bits per heavy atom. The predicted molar refractivity (Wildman–Crippen MR) is 102 cm³/mol. The van der Waals surface area contributed by atoms with Gasteiger partial charge in [-0.2, -0.15) is 0 Å². The number of aliphatic imine (C=N–C) groups is 1. The molecule has 0 spiro atoms. The van der Waals surface area contributed by atoms with Gasteiger partial charge in [-0.15, -0.1) is 22.7 Å². The first-order valence-electron chi connectivity index (χ1n) is 8.01. The first-order chi connectivity index (χ1) is 11.0. The van der Waals surface area contributed by atoms with Crippen LogP contribution in [0.25, 0.3) is 0 Å². The third-order valence-electron chi connectivity index (χ3n) is 3.48. The molecule has 2 aromatic rings. The molecule has 6 heteroatoms. The van der Waals surface area contributed by atoms with Crippen LogP contribution in [0.2, 0.25) is 0 Å². The molecule has 0 saturated carbocycles. The molecule has 1 unspecified atom stereocenters. The fraction of sp³-hybridized carbons (Fsp3) is 0.529. The van der Waals surface area contributed by atoms with Crippen molar-refractivity contribution >= 4 is 28.6 Å². The van der Waals surface area contributed by atoms with Crippen molar-refractivity contribution in [2.24, 2.45) is 4.99 Å². The maximum Gasteiger partial charge on any atom is 0.191 e. The number of hydrogen-bond donors (Lipinski definition) is 2. The molecule has 0 aliphatic heterocycles. The van der Waals surface area contributed by atoms with Gasteiger partial charge in [0.15, 0.2) is 5.96 Å². The van der Waals surface area contributed by atoms with Gasteiger partial charge in [0.2, 0.25) is 0 Å². The van der Waals surface area contributed by atoms with Gasteiger partial charge in [-0.1, -0.05) is 0 Å². The second kappa shape index (κ2) is 8.45. The Morgan fingerprint density at radius 2 is 2.04 bits per heavy atom. The second-order valence-corrected chi connectivity index (χ2v) is 8.37. The minimum absolute atomic E-state index is 0.339. The van der Waals surface area contributed by atoms with Crippen LogP contribution >= 0.6 is 22.7 Å². The molecule has 126 valence electrons. The molecule has 4 nitrogen and oxygen atoms in total. The molecule has 2 N–H and O–H groups in total. The Balaban J connectivity index is 1.95. The number of aromatic nitrogens is 1. The van der Waals surface area contributed by atoms with Crippen molar-refractivity contribution in [2.75, 3.05) is 6.54 Å². The van der Waals surface area contributed by atoms with Gasteiger partial charge in [0.25, 0.3) is 0 Å². The van der Waals surface area contributed by atoms with Gasteiger partial charge in [0, 0.05) is 33.6 Å². The maximum atomic E-state index is 4.67. The van der Waals surface area contributed by atoms with Crippen molar-refractivity contribution in [3.05, 3.63) is 37.5 Å². The van der Waals surface area contributed by atoms with Gasteiger partial charge in [0.1, 0.15) is 5.01 Å². The fourth-order valence-corrected chi connectivity index (χ4v) is 4.13. The third kappa shape index (κ3) is 5.62. The molecule has 0 amide bonds. The summed E-state index contributed by atoms with van der Waals surface area (Å²) in [7, 11) is 0. The molecule has 0 saturated heterocycles. The Labute approximate surface area is 147 Å². The number of thiazole rings is 1. The first kappa shape index (κ1) is 17.9. The van der Waals surface area contributed by atoms with Crippen LogP contribution in [0.1, 0.15) is 39.2 Å². The second-order valence-electron chi connectivity index (χ2n) is 5.71. The number of nitrogens with zero attached hydrogens (tertiary/aromatic N) is 2. The molecule has 0 aromatic carbocycles. The van der Waals surface area contributed by atoms with Gasteiger partial charge in [-0.25, -0.2) is 9.98 Å². The standard InChI is InChI=1S/C17H26N4S2/c1-6-18-17(19-10-16-21-13(4)14(5)23-16)20-11(2)9-15-8-7-12(3)22-15/h7-8,11H,6,9-10H2,1-5H3,(H2,18,19,20). The van der Waals surface area contributed by atoms with E-state index in [1.165, 1.54) is 14.6 Å². The number of nitrogens with one attached hydrogen (secondary N) is 2. The third-order valence-corrected chi connectivity index (χ3v) is 5.56. The van der Waals surface area contributed by atoms with Crippen LogP contribution < -0.4 is 10.6 Å². The summed E-state index contributed by atoms with van der Waals surface area (Å²) in [6.07, 6.45) is 1.01. The quantitative estimate of drug-likeness (QED) is 0.615. The highest BCUT2D eigenvalue weighted by Gasteiger charge is 2.09. The minimum atomic E-state index is 0.339. The molecule has 0 fully saturated rings. The van der Waals surface area contributed by atoms with E-state index < -0.39 is 0 Å². The Kier molecular flexibility index (Phi) is 6.59. The van der Waals surface area contributed by atoms with E-state index in [4.69, 9.17) is 0 Å². The van der Waals surface area contributed by atoms with E-state index in [9.17, 15) is 0 Å². The molecule has 1 atom stereocenters. The number of aryl methyl sites for hydroxylation is 3. The van der Waals surface area contributed by atoms with Crippen LogP contribution in [0.4, 0.5) is 0 Å². The highest BCUT2D eigenvalue weighted by Crippen LogP contribution is 2.18. The van der Waals surface area contributed by atoms with Gasteiger partial charge in [-0.05, 0) is 46.8 Å². The van der Waals surface area contributed by atoms with E-state index in [2.05, 4.69) is 60.4 Å². The van der Waals surface area contributed by atoms with Crippen LogP contribution in [-0.2, 0) is 13.0 Å². The highest BCUT2D eigenvalue weighted by molar-refractivity contribution is 7.12. The molecule has 2 rings (SSSR count). The van der Waals surface area contributed by atoms with Gasteiger partial charge in [0.05, 0.1) is 12.2 Å². The van der Waals surface area contributed by atoms with Crippen molar-refractivity contribution in [1.29, 1.82) is 0 Å². The average molecular weight is 351 g/mol. The molecule has 23 heavy (non-hydrogen) atoms. The van der Waals surface area contributed by atoms with Gasteiger partial charge >= 0.3 is 0 Å². The smallest absolute Gasteiger partial charge is 0.191 e. The largest absolute Gasteiger partial charge is 0.357 e. The van der Waals surface area contributed by atoms with Crippen molar-refractivity contribution in [3.8, 4) is 0 Å². The molecular weight excluding hydrogens is 324 g/mol. The van der Waals surface area contributed by atoms with Crippen molar-refractivity contribution < 1.29 is 0 Å². The van der Waals surface area contributed by atoms with E-state index in [0.717, 1.165) is 29.6 Å². The lowest BCUT2D eigenvalue weighted by Gasteiger charge is -2.17. The summed E-state index contributed by atoms with van der Waals surface area (Å²) < 4.78 is 0. The zero-order valence-electron chi connectivity index (χ0n) is 14.6. The molecule has 0 radical (unpaired) electrons. The van der Waals surface area contributed by atoms with Crippen LogP contribution in [0.3, 0.4) is 0 Å². The summed E-state index contributed by atoms with van der Waals surface area (Å²) in [6, 6.07) is 4.73. The lowest BCUT2D eigenvalue weighted by molar-refractivity contribution is 0.645. The normalized spacial score (nSPS) is 13.2. The zero-order chi connectivity index (χ0) is 16.8. The topological polar surface area (TPSA) is 49.3 Å². The summed E-state index contributed by atoms with van der Waals surface area (Å²) in [6.45, 7) is 12.1. The zero-order valence-corrected chi connectivity index (χ0v) is 16.2. The van der Waals surface area contributed by atoms with Crippen LogP contribution in [0, 0.1) is 20.8 Å². The molecule has 2 aromatic heterocycles. The number of hydrogen-bond acceptors (Lipinski definition) is 4. The summed E-state index contributed by atoms with van der Waals surface area (Å²) >= 11 is 3.59.